The average molecular weight is 394 g/mol. The molecule has 1 saturated heterocycles. The van der Waals surface area contributed by atoms with Gasteiger partial charge in [-0.2, -0.15) is 0 Å². The molecule has 5 nitrogen and oxygen atoms in total. The van der Waals surface area contributed by atoms with Gasteiger partial charge >= 0.3 is 0 Å². The number of amides is 1. The maximum absolute atomic E-state index is 12.3. The topological polar surface area (TPSA) is 63.2 Å². The number of carbonyl (C=O) groups is 2. The van der Waals surface area contributed by atoms with Gasteiger partial charge in [-0.25, -0.2) is 0 Å². The summed E-state index contributed by atoms with van der Waals surface area (Å²) < 4.78 is 1.78. The molecule has 0 aliphatic carbocycles. The molecule has 0 bridgehead atoms. The van der Waals surface area contributed by atoms with E-state index >= 15 is 0 Å². The minimum Gasteiger partial charge on any atom is -0.312 e. The average Bonchev–Trinajstić information content (AvgIpc) is 3.27. The van der Waals surface area contributed by atoms with Crippen molar-refractivity contribution in [3.05, 3.63) is 29.8 Å². The van der Waals surface area contributed by atoms with Gasteiger partial charge in [0.1, 0.15) is 0 Å². The summed E-state index contributed by atoms with van der Waals surface area (Å²) in [7, 11) is 0. The first kappa shape index (κ1) is 18.4. The molecule has 3 rings (SSSR count). The van der Waals surface area contributed by atoms with Crippen LogP contribution >= 0.6 is 34.9 Å². The maximum Gasteiger partial charge on any atom is 0.227 e. The zero-order chi connectivity index (χ0) is 17.6. The lowest BCUT2D eigenvalue weighted by Crippen LogP contribution is -2.23. The monoisotopic (exact) mass is 393 g/mol. The van der Waals surface area contributed by atoms with Crippen LogP contribution in [0.2, 0.25) is 0 Å². The van der Waals surface area contributed by atoms with Crippen LogP contribution in [0.5, 0.6) is 0 Å². The van der Waals surface area contributed by atoms with Crippen molar-refractivity contribution in [2.45, 2.75) is 34.9 Å². The highest BCUT2D eigenvalue weighted by molar-refractivity contribution is 8.03. The van der Waals surface area contributed by atoms with Crippen molar-refractivity contribution in [1.29, 1.82) is 0 Å². The van der Waals surface area contributed by atoms with Crippen molar-refractivity contribution in [3.8, 4) is 0 Å². The SMILES string of the molecule is CCCSc1nnc(SCC(=O)c2ccc(N3CCCC3=O)cc2)s1. The van der Waals surface area contributed by atoms with Crippen LogP contribution in [0.3, 0.4) is 0 Å². The van der Waals surface area contributed by atoms with Crippen LogP contribution in [-0.4, -0.2) is 39.9 Å². The van der Waals surface area contributed by atoms with E-state index in [1.807, 2.05) is 12.1 Å². The van der Waals surface area contributed by atoms with E-state index in [0.717, 1.165) is 39.5 Å². The molecule has 0 spiro atoms. The van der Waals surface area contributed by atoms with E-state index in [1.54, 1.807) is 28.8 Å². The summed E-state index contributed by atoms with van der Waals surface area (Å²) in [5, 5.41) is 8.25. The van der Waals surface area contributed by atoms with Gasteiger partial charge in [0.2, 0.25) is 5.91 Å². The van der Waals surface area contributed by atoms with Crippen molar-refractivity contribution in [1.82, 2.24) is 10.2 Å². The van der Waals surface area contributed by atoms with Crippen molar-refractivity contribution >= 4 is 52.2 Å². The zero-order valence-electron chi connectivity index (χ0n) is 13.9. The fraction of sp³-hybridized carbons (Fsp3) is 0.412. The molecular weight excluding hydrogens is 374 g/mol. The van der Waals surface area contributed by atoms with Gasteiger partial charge in [-0.05, 0) is 37.1 Å². The molecular formula is C17H19N3O2S3. The molecule has 1 aromatic carbocycles. The molecule has 2 heterocycles. The third kappa shape index (κ3) is 4.83. The quantitative estimate of drug-likeness (QED) is 0.496. The number of hydrogen-bond acceptors (Lipinski definition) is 7. The van der Waals surface area contributed by atoms with Gasteiger partial charge in [0.05, 0.1) is 5.75 Å². The van der Waals surface area contributed by atoms with E-state index in [-0.39, 0.29) is 11.7 Å². The lowest BCUT2D eigenvalue weighted by Gasteiger charge is -2.15. The number of benzene rings is 1. The van der Waals surface area contributed by atoms with E-state index in [0.29, 0.717) is 17.7 Å². The fourth-order valence-corrected chi connectivity index (χ4v) is 5.30. The normalized spacial score (nSPS) is 14.3. The number of hydrogen-bond donors (Lipinski definition) is 0. The third-order valence-electron chi connectivity index (χ3n) is 3.72. The minimum atomic E-state index is 0.0576. The summed E-state index contributed by atoms with van der Waals surface area (Å²) in [5.41, 5.74) is 1.53. The van der Waals surface area contributed by atoms with Gasteiger partial charge in [-0.1, -0.05) is 41.8 Å². The Morgan fingerprint density at radius 2 is 1.92 bits per heavy atom. The Labute approximate surface area is 159 Å². The third-order valence-corrected chi connectivity index (χ3v) is 7.11. The molecule has 0 radical (unpaired) electrons. The predicted molar refractivity (Wildman–Crippen MR) is 104 cm³/mol. The van der Waals surface area contributed by atoms with E-state index < -0.39 is 0 Å². The second-order valence-corrected chi connectivity index (χ2v) is 9.13. The summed E-state index contributed by atoms with van der Waals surface area (Å²) in [4.78, 5) is 25.9. The van der Waals surface area contributed by atoms with E-state index in [2.05, 4.69) is 17.1 Å². The van der Waals surface area contributed by atoms with E-state index in [9.17, 15) is 9.59 Å². The van der Waals surface area contributed by atoms with Gasteiger partial charge in [0.15, 0.2) is 14.5 Å². The number of nitrogens with zero attached hydrogens (tertiary/aromatic N) is 3. The highest BCUT2D eigenvalue weighted by atomic mass is 32.2. The first-order chi connectivity index (χ1) is 12.2. The van der Waals surface area contributed by atoms with E-state index in [4.69, 9.17) is 0 Å². The predicted octanol–water partition coefficient (Wildman–Crippen LogP) is 4.14. The van der Waals surface area contributed by atoms with Crippen molar-refractivity contribution < 1.29 is 9.59 Å². The van der Waals surface area contributed by atoms with Crippen LogP contribution in [0.25, 0.3) is 0 Å². The van der Waals surface area contributed by atoms with Crippen LogP contribution in [0.15, 0.2) is 32.9 Å². The molecule has 1 aliphatic heterocycles. The van der Waals surface area contributed by atoms with Crippen molar-refractivity contribution in [3.63, 3.8) is 0 Å². The van der Waals surface area contributed by atoms with Crippen LogP contribution in [0, 0.1) is 0 Å². The molecule has 1 fully saturated rings. The van der Waals surface area contributed by atoms with Crippen molar-refractivity contribution in [2.75, 3.05) is 23.0 Å². The number of thioether (sulfide) groups is 2. The zero-order valence-corrected chi connectivity index (χ0v) is 16.4. The number of ketones is 1. The molecule has 0 atom stereocenters. The Morgan fingerprint density at radius 1 is 1.20 bits per heavy atom. The number of rotatable bonds is 8. The molecule has 1 aliphatic rings. The van der Waals surface area contributed by atoms with Crippen LogP contribution in [0.4, 0.5) is 5.69 Å². The molecule has 25 heavy (non-hydrogen) atoms. The number of anilines is 1. The number of carbonyl (C=O) groups excluding carboxylic acids is 2. The lowest BCUT2D eigenvalue weighted by molar-refractivity contribution is -0.117. The highest BCUT2D eigenvalue weighted by Crippen LogP contribution is 2.29. The summed E-state index contributed by atoms with van der Waals surface area (Å²) in [6, 6.07) is 7.30. The molecule has 0 saturated carbocycles. The van der Waals surface area contributed by atoms with Gasteiger partial charge in [-0.15, -0.1) is 10.2 Å². The Balaban J connectivity index is 1.54. The molecule has 8 heteroatoms. The Bertz CT molecular complexity index is 746. The van der Waals surface area contributed by atoms with Crippen LogP contribution < -0.4 is 4.90 Å². The lowest BCUT2D eigenvalue weighted by atomic mass is 10.1. The minimum absolute atomic E-state index is 0.0576. The van der Waals surface area contributed by atoms with Gasteiger partial charge in [0.25, 0.3) is 0 Å². The Hall–Kier alpha value is -1.38. The number of Topliss-reactive ketones (excluding diaryl/α,β-unsaturated/α-hetero) is 1. The van der Waals surface area contributed by atoms with Crippen LogP contribution in [0.1, 0.15) is 36.5 Å². The molecule has 1 aromatic heterocycles. The molecule has 2 aromatic rings. The van der Waals surface area contributed by atoms with Crippen molar-refractivity contribution in [2.24, 2.45) is 0 Å². The first-order valence-electron chi connectivity index (χ1n) is 8.20. The van der Waals surface area contributed by atoms with E-state index in [1.165, 1.54) is 23.1 Å². The number of aromatic nitrogens is 2. The summed E-state index contributed by atoms with van der Waals surface area (Å²) in [6.45, 7) is 2.89. The summed E-state index contributed by atoms with van der Waals surface area (Å²) in [5.74, 6) is 1.59. The maximum atomic E-state index is 12.3. The fourth-order valence-electron chi connectivity index (χ4n) is 2.46. The second-order valence-electron chi connectivity index (χ2n) is 5.59. The molecule has 0 unspecified atom stereocenters. The molecule has 1 amide bonds. The summed E-state index contributed by atoms with van der Waals surface area (Å²) >= 11 is 4.66. The highest BCUT2D eigenvalue weighted by Gasteiger charge is 2.21. The largest absolute Gasteiger partial charge is 0.312 e. The summed E-state index contributed by atoms with van der Waals surface area (Å²) in [6.07, 6.45) is 2.61. The van der Waals surface area contributed by atoms with Crippen LogP contribution in [-0.2, 0) is 4.79 Å². The Kier molecular flexibility index (Phi) is 6.50. The van der Waals surface area contributed by atoms with Gasteiger partial charge in [0, 0.05) is 30.0 Å². The second kappa shape index (κ2) is 8.82. The molecule has 0 N–H and O–H groups in total. The first-order valence-corrected chi connectivity index (χ1v) is 11.0. The smallest absolute Gasteiger partial charge is 0.227 e. The standard InChI is InChI=1S/C17H19N3O2S3/c1-2-10-23-16-18-19-17(25-16)24-11-14(21)12-5-7-13(8-6-12)20-9-3-4-15(20)22/h5-8H,2-4,9-11H2,1H3. The van der Waals surface area contributed by atoms with Gasteiger partial charge < -0.3 is 4.90 Å². The Morgan fingerprint density at radius 3 is 2.56 bits per heavy atom. The van der Waals surface area contributed by atoms with Gasteiger partial charge in [-0.3, -0.25) is 9.59 Å². The molecule has 132 valence electrons.